The molecule has 0 aromatic heterocycles. The molecule has 0 radical (unpaired) electrons. The predicted molar refractivity (Wildman–Crippen MR) is 164 cm³/mol. The molecule has 1 rings (SSSR count). The standard InChI is InChI=1S/C33H55N3O4/c1-15-40-30(39)22(4)20-25(21(2)3)36(14)29(38)27(32(8,9)10)35-28(37)26(34-13)33(11,12)24-18-16-23(17-19-24)31(5,6)7/h16-21,25-27,34H,15H2,1-14H3,(H,35,37)/b22-20+/t25-,26-,27-/m1/s1. The first-order valence-corrected chi connectivity index (χ1v) is 14.4. The largest absolute Gasteiger partial charge is 0.463 e. The third-order valence-corrected chi connectivity index (χ3v) is 7.66. The van der Waals surface area contributed by atoms with Crippen LogP contribution in [0.25, 0.3) is 0 Å². The van der Waals surface area contributed by atoms with Crippen LogP contribution in [0, 0.1) is 11.3 Å². The molecule has 0 aliphatic carbocycles. The Bertz CT molecular complexity index is 1040. The summed E-state index contributed by atoms with van der Waals surface area (Å²) >= 11 is 0. The van der Waals surface area contributed by atoms with Crippen molar-refractivity contribution in [2.45, 2.75) is 112 Å². The second-order valence-electron chi connectivity index (χ2n) is 13.8. The van der Waals surface area contributed by atoms with E-state index in [0.29, 0.717) is 5.57 Å². The summed E-state index contributed by atoms with van der Waals surface area (Å²) in [5, 5.41) is 6.29. The number of rotatable bonds is 11. The van der Waals surface area contributed by atoms with Crippen molar-refractivity contribution < 1.29 is 19.1 Å². The third-order valence-electron chi connectivity index (χ3n) is 7.66. The molecule has 226 valence electrons. The zero-order chi connectivity index (χ0) is 31.2. The Kier molecular flexibility index (Phi) is 12.2. The SMILES string of the molecule is CCOC(=O)/C(C)=C/[C@H](C(C)C)N(C)C(=O)[C@@H](NC(=O)[C@@H](NC)C(C)(C)c1ccc(C(C)(C)C)cc1)C(C)(C)C. The number of ether oxygens (including phenoxy) is 1. The molecule has 40 heavy (non-hydrogen) atoms. The summed E-state index contributed by atoms with van der Waals surface area (Å²) in [6.45, 7) is 24.2. The molecule has 0 fully saturated rings. The molecule has 7 nitrogen and oxygen atoms in total. The van der Waals surface area contributed by atoms with Crippen molar-refractivity contribution in [2.75, 3.05) is 20.7 Å². The van der Waals surface area contributed by atoms with E-state index >= 15 is 0 Å². The Morgan fingerprint density at radius 1 is 0.925 bits per heavy atom. The van der Waals surface area contributed by atoms with Crippen LogP contribution in [0.1, 0.15) is 94.2 Å². The first-order chi connectivity index (χ1) is 18.2. The highest BCUT2D eigenvalue weighted by atomic mass is 16.5. The second-order valence-corrected chi connectivity index (χ2v) is 13.8. The van der Waals surface area contributed by atoms with E-state index in [2.05, 4.69) is 55.7 Å². The minimum absolute atomic E-state index is 0.0344. The van der Waals surface area contributed by atoms with E-state index in [0.717, 1.165) is 5.56 Å². The topological polar surface area (TPSA) is 87.7 Å². The molecule has 1 aromatic rings. The van der Waals surface area contributed by atoms with E-state index in [1.54, 1.807) is 38.9 Å². The summed E-state index contributed by atoms with van der Waals surface area (Å²) in [6, 6.07) is 6.71. The van der Waals surface area contributed by atoms with Gasteiger partial charge in [0.1, 0.15) is 6.04 Å². The summed E-state index contributed by atoms with van der Waals surface area (Å²) in [5.41, 5.74) is 1.64. The fourth-order valence-corrected chi connectivity index (χ4v) is 4.93. The Balaban J connectivity index is 3.33. The van der Waals surface area contributed by atoms with Gasteiger partial charge in [0.15, 0.2) is 0 Å². The Labute approximate surface area is 243 Å². The molecule has 7 heteroatoms. The van der Waals surface area contributed by atoms with E-state index in [4.69, 9.17) is 4.74 Å². The van der Waals surface area contributed by atoms with Crippen molar-refractivity contribution in [2.24, 2.45) is 11.3 Å². The number of hydrogen-bond donors (Lipinski definition) is 2. The summed E-state index contributed by atoms with van der Waals surface area (Å²) in [6.07, 6.45) is 1.78. The fourth-order valence-electron chi connectivity index (χ4n) is 4.93. The maximum atomic E-state index is 14.0. The monoisotopic (exact) mass is 557 g/mol. The van der Waals surface area contributed by atoms with E-state index in [1.807, 2.05) is 48.5 Å². The summed E-state index contributed by atoms with van der Waals surface area (Å²) in [7, 11) is 3.50. The molecular formula is C33H55N3O4. The Morgan fingerprint density at radius 3 is 1.82 bits per heavy atom. The first-order valence-electron chi connectivity index (χ1n) is 14.4. The maximum Gasteiger partial charge on any atom is 0.333 e. The lowest BCUT2D eigenvalue weighted by atomic mass is 9.75. The molecule has 2 N–H and O–H groups in total. The van der Waals surface area contributed by atoms with Gasteiger partial charge in [-0.2, -0.15) is 0 Å². The average Bonchev–Trinajstić information content (AvgIpc) is 2.83. The number of benzene rings is 1. The van der Waals surface area contributed by atoms with Gasteiger partial charge in [0.2, 0.25) is 11.8 Å². The summed E-state index contributed by atoms with van der Waals surface area (Å²) < 4.78 is 5.13. The van der Waals surface area contributed by atoms with Gasteiger partial charge in [0, 0.05) is 18.0 Å². The molecule has 0 saturated carbocycles. The number of carbonyl (C=O) groups excluding carboxylic acids is 3. The maximum absolute atomic E-state index is 14.0. The number of nitrogens with one attached hydrogen (secondary N) is 2. The van der Waals surface area contributed by atoms with Crippen LogP contribution in [0.5, 0.6) is 0 Å². The van der Waals surface area contributed by atoms with Gasteiger partial charge in [0.25, 0.3) is 0 Å². The van der Waals surface area contributed by atoms with Crippen LogP contribution in [0.4, 0.5) is 0 Å². The predicted octanol–water partition coefficient (Wildman–Crippen LogP) is 5.37. The van der Waals surface area contributed by atoms with Gasteiger partial charge in [-0.05, 0) is 48.8 Å². The van der Waals surface area contributed by atoms with Crippen LogP contribution in [0.15, 0.2) is 35.9 Å². The summed E-state index contributed by atoms with van der Waals surface area (Å²) in [4.78, 5) is 41.7. The third kappa shape index (κ3) is 8.92. The van der Waals surface area contributed by atoms with Crippen LogP contribution in [0.2, 0.25) is 0 Å². The highest BCUT2D eigenvalue weighted by Gasteiger charge is 2.41. The van der Waals surface area contributed by atoms with Crippen molar-refractivity contribution in [3.8, 4) is 0 Å². The molecule has 0 saturated heterocycles. The number of likely N-dealkylation sites (N-methyl/N-ethyl adjacent to an activating group) is 2. The number of esters is 1. The lowest BCUT2D eigenvalue weighted by Crippen LogP contribution is -2.61. The summed E-state index contributed by atoms with van der Waals surface area (Å²) in [5.74, 6) is -0.818. The molecule has 0 spiro atoms. The van der Waals surface area contributed by atoms with E-state index in [-0.39, 0.29) is 35.8 Å². The zero-order valence-electron chi connectivity index (χ0n) is 27.5. The van der Waals surface area contributed by atoms with Crippen LogP contribution in [-0.4, -0.2) is 61.5 Å². The molecule has 0 unspecified atom stereocenters. The Hall–Kier alpha value is -2.67. The minimum Gasteiger partial charge on any atom is -0.463 e. The normalized spacial score (nSPS) is 15.3. The van der Waals surface area contributed by atoms with Crippen LogP contribution >= 0.6 is 0 Å². The quantitative estimate of drug-likeness (QED) is 0.282. The van der Waals surface area contributed by atoms with Gasteiger partial charge >= 0.3 is 5.97 Å². The number of hydrogen-bond acceptors (Lipinski definition) is 5. The van der Waals surface area contributed by atoms with Gasteiger partial charge < -0.3 is 20.3 Å². The molecule has 1 aromatic carbocycles. The molecule has 0 aliphatic rings. The van der Waals surface area contributed by atoms with E-state index < -0.39 is 28.9 Å². The van der Waals surface area contributed by atoms with Crippen LogP contribution in [0.3, 0.4) is 0 Å². The van der Waals surface area contributed by atoms with Crippen LogP contribution < -0.4 is 10.6 Å². The van der Waals surface area contributed by atoms with Crippen molar-refractivity contribution in [1.29, 1.82) is 0 Å². The lowest BCUT2D eigenvalue weighted by molar-refractivity contribution is -0.141. The fraction of sp³-hybridized carbons (Fsp3) is 0.667. The molecule has 0 heterocycles. The van der Waals surface area contributed by atoms with Gasteiger partial charge in [0.05, 0.1) is 18.7 Å². The van der Waals surface area contributed by atoms with Gasteiger partial charge in [-0.3, -0.25) is 9.59 Å². The van der Waals surface area contributed by atoms with Gasteiger partial charge in [-0.15, -0.1) is 0 Å². The molecular weight excluding hydrogens is 502 g/mol. The second kappa shape index (κ2) is 13.8. The molecule has 2 amide bonds. The minimum atomic E-state index is -0.780. The molecule has 0 bridgehead atoms. The zero-order valence-corrected chi connectivity index (χ0v) is 27.5. The first kappa shape index (κ1) is 35.4. The average molecular weight is 558 g/mol. The Morgan fingerprint density at radius 2 is 1.43 bits per heavy atom. The smallest absolute Gasteiger partial charge is 0.333 e. The van der Waals surface area contributed by atoms with Crippen molar-refractivity contribution in [3.05, 3.63) is 47.0 Å². The van der Waals surface area contributed by atoms with E-state index in [9.17, 15) is 14.4 Å². The van der Waals surface area contributed by atoms with Crippen molar-refractivity contribution >= 4 is 17.8 Å². The number of amides is 2. The van der Waals surface area contributed by atoms with Crippen LogP contribution in [-0.2, 0) is 30.0 Å². The molecule has 0 aliphatic heterocycles. The van der Waals surface area contributed by atoms with Crippen molar-refractivity contribution in [3.63, 3.8) is 0 Å². The van der Waals surface area contributed by atoms with Gasteiger partial charge in [-0.1, -0.05) is 99.6 Å². The number of carbonyl (C=O) groups is 3. The lowest BCUT2D eigenvalue weighted by Gasteiger charge is -2.40. The number of nitrogens with zero attached hydrogens (tertiary/aromatic N) is 1. The highest BCUT2D eigenvalue weighted by molar-refractivity contribution is 5.92. The van der Waals surface area contributed by atoms with Gasteiger partial charge in [-0.25, -0.2) is 4.79 Å². The van der Waals surface area contributed by atoms with E-state index in [1.165, 1.54) is 5.56 Å². The highest BCUT2D eigenvalue weighted by Crippen LogP contribution is 2.31. The van der Waals surface area contributed by atoms with Crippen molar-refractivity contribution in [1.82, 2.24) is 15.5 Å². The molecule has 3 atom stereocenters.